The van der Waals surface area contributed by atoms with Crippen LogP contribution in [-0.4, -0.2) is 32.7 Å². The lowest BCUT2D eigenvalue weighted by atomic mass is 10.1. The number of hydrogen-bond donors (Lipinski definition) is 1. The number of carbonyl (C=O) groups excluding carboxylic acids is 1. The van der Waals surface area contributed by atoms with E-state index in [2.05, 4.69) is 5.32 Å². The summed E-state index contributed by atoms with van der Waals surface area (Å²) in [5.74, 6) is 0.379. The summed E-state index contributed by atoms with van der Waals surface area (Å²) in [5.41, 5.74) is 2.21. The van der Waals surface area contributed by atoms with Gasteiger partial charge in [-0.05, 0) is 42.8 Å². The van der Waals surface area contributed by atoms with Crippen LogP contribution in [0.4, 0.5) is 5.69 Å². The average Bonchev–Trinajstić information content (AvgIpc) is 2.74. The molecule has 0 bridgehead atoms. The fourth-order valence-corrected chi connectivity index (χ4v) is 4.04. The van der Waals surface area contributed by atoms with Crippen molar-refractivity contribution in [2.24, 2.45) is 0 Å². The summed E-state index contributed by atoms with van der Waals surface area (Å²) < 4.78 is 32.0. The molecule has 0 unspecified atom stereocenters. The van der Waals surface area contributed by atoms with E-state index in [0.717, 1.165) is 9.87 Å². The van der Waals surface area contributed by atoms with Crippen LogP contribution in [0, 0.1) is 6.92 Å². The molecule has 0 atom stereocenters. The van der Waals surface area contributed by atoms with Crippen molar-refractivity contribution in [2.45, 2.75) is 18.4 Å². The number of anilines is 1. The van der Waals surface area contributed by atoms with Crippen LogP contribution in [0.5, 0.6) is 5.75 Å². The Balaban J connectivity index is 1.82. The molecule has 0 radical (unpaired) electrons. The fourth-order valence-electron chi connectivity index (χ4n) is 2.90. The Morgan fingerprint density at radius 3 is 2.33 bits per heavy atom. The van der Waals surface area contributed by atoms with Crippen LogP contribution in [0.3, 0.4) is 0 Å². The summed E-state index contributed by atoms with van der Waals surface area (Å²) in [6.07, 6.45) is 0. The quantitative estimate of drug-likeness (QED) is 0.620. The third-order valence-corrected chi connectivity index (χ3v) is 6.56. The van der Waals surface area contributed by atoms with Crippen molar-refractivity contribution < 1.29 is 17.9 Å². The first kappa shape index (κ1) is 21.5. The third kappa shape index (κ3) is 4.87. The Morgan fingerprint density at radius 1 is 0.967 bits per heavy atom. The monoisotopic (exact) mass is 424 g/mol. The molecule has 0 aliphatic rings. The molecule has 0 heterocycles. The maximum Gasteiger partial charge on any atom is 0.256 e. The van der Waals surface area contributed by atoms with Gasteiger partial charge >= 0.3 is 0 Å². The molecule has 3 aromatic rings. The second kappa shape index (κ2) is 9.11. The van der Waals surface area contributed by atoms with Crippen LogP contribution >= 0.6 is 0 Å². The number of para-hydroxylation sites is 1. The lowest BCUT2D eigenvalue weighted by Gasteiger charge is -2.16. The molecule has 0 aliphatic heterocycles. The largest absolute Gasteiger partial charge is 0.489 e. The standard InChI is InChI=1S/C23H24N2O4S/c1-17-13-14-19(15-22(17)30(27,28)25(2)3)24-23(26)21-12-8-7-9-18(21)16-29-20-10-5-4-6-11-20/h4-15H,16H2,1-3H3,(H,24,26). The number of nitrogens with zero attached hydrogens (tertiary/aromatic N) is 1. The van der Waals surface area contributed by atoms with Crippen LogP contribution in [0.2, 0.25) is 0 Å². The number of rotatable bonds is 7. The van der Waals surface area contributed by atoms with E-state index in [9.17, 15) is 13.2 Å². The third-order valence-electron chi connectivity index (χ3n) is 4.60. The SMILES string of the molecule is Cc1ccc(NC(=O)c2ccccc2COc2ccccc2)cc1S(=O)(=O)N(C)C. The molecule has 3 rings (SSSR count). The number of ether oxygens (including phenoxy) is 1. The molecule has 0 saturated heterocycles. The van der Waals surface area contributed by atoms with Crippen LogP contribution < -0.4 is 10.1 Å². The Labute approximate surface area is 177 Å². The van der Waals surface area contributed by atoms with Gasteiger partial charge in [0.1, 0.15) is 12.4 Å². The minimum Gasteiger partial charge on any atom is -0.489 e. The van der Waals surface area contributed by atoms with Crippen molar-refractivity contribution in [1.29, 1.82) is 0 Å². The smallest absolute Gasteiger partial charge is 0.256 e. The molecule has 156 valence electrons. The normalized spacial score (nSPS) is 11.3. The first-order valence-electron chi connectivity index (χ1n) is 9.39. The molecule has 0 fully saturated rings. The number of hydrogen-bond acceptors (Lipinski definition) is 4. The van der Waals surface area contributed by atoms with Gasteiger partial charge in [0.25, 0.3) is 5.91 Å². The molecule has 3 aromatic carbocycles. The van der Waals surface area contributed by atoms with Gasteiger partial charge in [0.2, 0.25) is 10.0 Å². The fraction of sp³-hybridized carbons (Fsp3) is 0.174. The van der Waals surface area contributed by atoms with Gasteiger partial charge < -0.3 is 10.1 Å². The zero-order valence-electron chi connectivity index (χ0n) is 17.1. The Bertz CT molecular complexity index is 1140. The van der Waals surface area contributed by atoms with Gasteiger partial charge in [-0.25, -0.2) is 12.7 Å². The van der Waals surface area contributed by atoms with Crippen LogP contribution in [-0.2, 0) is 16.6 Å². The van der Waals surface area contributed by atoms with E-state index < -0.39 is 10.0 Å². The van der Waals surface area contributed by atoms with E-state index in [1.54, 1.807) is 31.2 Å². The maximum absolute atomic E-state index is 12.9. The lowest BCUT2D eigenvalue weighted by Crippen LogP contribution is -2.23. The highest BCUT2D eigenvalue weighted by atomic mass is 32.2. The molecule has 0 aliphatic carbocycles. The van der Waals surface area contributed by atoms with Gasteiger partial charge in [-0.1, -0.05) is 42.5 Å². The van der Waals surface area contributed by atoms with E-state index in [0.29, 0.717) is 22.6 Å². The number of benzene rings is 3. The molecule has 30 heavy (non-hydrogen) atoms. The molecule has 1 amide bonds. The van der Waals surface area contributed by atoms with Crippen LogP contribution in [0.25, 0.3) is 0 Å². The second-order valence-electron chi connectivity index (χ2n) is 6.98. The Morgan fingerprint density at radius 2 is 1.63 bits per heavy atom. The number of amides is 1. The van der Waals surface area contributed by atoms with Gasteiger partial charge in [0.05, 0.1) is 4.90 Å². The zero-order valence-corrected chi connectivity index (χ0v) is 17.9. The molecule has 0 spiro atoms. The van der Waals surface area contributed by atoms with Crippen LogP contribution in [0.1, 0.15) is 21.5 Å². The Hall–Kier alpha value is -3.16. The first-order chi connectivity index (χ1) is 14.3. The predicted octanol–water partition coefficient (Wildman–Crippen LogP) is 4.08. The van der Waals surface area contributed by atoms with E-state index in [1.165, 1.54) is 20.2 Å². The van der Waals surface area contributed by atoms with E-state index in [-0.39, 0.29) is 17.4 Å². The van der Waals surface area contributed by atoms with Gasteiger partial charge in [-0.3, -0.25) is 4.79 Å². The summed E-state index contributed by atoms with van der Waals surface area (Å²) in [6.45, 7) is 1.96. The second-order valence-corrected chi connectivity index (χ2v) is 9.10. The highest BCUT2D eigenvalue weighted by Gasteiger charge is 2.21. The summed E-state index contributed by atoms with van der Waals surface area (Å²) in [4.78, 5) is 13.1. The van der Waals surface area contributed by atoms with Crippen molar-refractivity contribution in [2.75, 3.05) is 19.4 Å². The molecule has 1 N–H and O–H groups in total. The molecular formula is C23H24N2O4S. The number of aryl methyl sites for hydroxylation is 1. The molecule has 6 nitrogen and oxygen atoms in total. The molecule has 7 heteroatoms. The van der Waals surface area contributed by atoms with Crippen molar-refractivity contribution in [1.82, 2.24) is 4.31 Å². The maximum atomic E-state index is 12.9. The van der Waals surface area contributed by atoms with Gasteiger partial charge in [-0.2, -0.15) is 0 Å². The molecule has 0 saturated carbocycles. The Kier molecular flexibility index (Phi) is 6.54. The van der Waals surface area contributed by atoms with E-state index >= 15 is 0 Å². The van der Waals surface area contributed by atoms with Crippen molar-refractivity contribution in [3.63, 3.8) is 0 Å². The summed E-state index contributed by atoms with van der Waals surface area (Å²) in [7, 11) is -0.665. The van der Waals surface area contributed by atoms with Gasteiger partial charge in [0.15, 0.2) is 0 Å². The van der Waals surface area contributed by atoms with Crippen LogP contribution in [0.15, 0.2) is 77.7 Å². The number of nitrogens with one attached hydrogen (secondary N) is 1. The lowest BCUT2D eigenvalue weighted by molar-refractivity contribution is 0.102. The van der Waals surface area contributed by atoms with Crippen molar-refractivity contribution >= 4 is 21.6 Å². The summed E-state index contributed by atoms with van der Waals surface area (Å²) >= 11 is 0. The van der Waals surface area contributed by atoms with Gasteiger partial charge in [0, 0.05) is 30.9 Å². The van der Waals surface area contributed by atoms with E-state index in [1.807, 2.05) is 42.5 Å². The highest BCUT2D eigenvalue weighted by molar-refractivity contribution is 7.89. The number of carbonyl (C=O) groups is 1. The molecular weight excluding hydrogens is 400 g/mol. The van der Waals surface area contributed by atoms with E-state index in [4.69, 9.17) is 4.74 Å². The van der Waals surface area contributed by atoms with Gasteiger partial charge in [-0.15, -0.1) is 0 Å². The summed E-state index contributed by atoms with van der Waals surface area (Å²) in [5, 5.41) is 2.80. The minimum atomic E-state index is -3.62. The molecule has 0 aromatic heterocycles. The minimum absolute atomic E-state index is 0.158. The first-order valence-corrected chi connectivity index (χ1v) is 10.8. The van der Waals surface area contributed by atoms with Crippen molar-refractivity contribution in [3.8, 4) is 5.75 Å². The zero-order chi connectivity index (χ0) is 21.7. The number of sulfonamides is 1. The summed E-state index contributed by atoms with van der Waals surface area (Å²) in [6, 6.07) is 21.4. The van der Waals surface area contributed by atoms with Crippen molar-refractivity contribution in [3.05, 3.63) is 89.5 Å². The predicted molar refractivity (Wildman–Crippen MR) is 117 cm³/mol. The average molecular weight is 425 g/mol. The highest BCUT2D eigenvalue weighted by Crippen LogP contribution is 2.23. The topological polar surface area (TPSA) is 75.7 Å².